The Balaban J connectivity index is 1.18. The molecule has 8 heteroatoms. The fourth-order valence-corrected chi connectivity index (χ4v) is 9.17. The molecular weight excluding hydrogens is 497 g/mol. The summed E-state index contributed by atoms with van der Waals surface area (Å²) in [6.45, 7) is 0. The van der Waals surface area contributed by atoms with Gasteiger partial charge in [0.25, 0.3) is 0 Å². The Bertz CT molecular complexity index is 1610. The van der Waals surface area contributed by atoms with Crippen LogP contribution in [0.4, 0.5) is 0 Å². The van der Waals surface area contributed by atoms with Crippen LogP contribution in [0.1, 0.15) is 0 Å². The molecule has 0 amide bonds. The zero-order valence-corrected chi connectivity index (χ0v) is 20.6. The molecule has 4 nitrogen and oxygen atoms in total. The summed E-state index contributed by atoms with van der Waals surface area (Å²) < 4.78 is 2.41. The van der Waals surface area contributed by atoms with Crippen molar-refractivity contribution in [2.24, 2.45) is 0 Å². The summed E-state index contributed by atoms with van der Waals surface area (Å²) in [5.41, 5.74) is 3.75. The fraction of sp³-hybridized carbons (Fsp3) is 0. The number of thioether (sulfide) groups is 4. The summed E-state index contributed by atoms with van der Waals surface area (Å²) in [5, 5.41) is 8.66. The largest absolute Gasteiger partial charge is 0.237 e. The number of aromatic nitrogens is 4. The van der Waals surface area contributed by atoms with Gasteiger partial charge in [-0.1, -0.05) is 95.6 Å². The zero-order valence-electron chi connectivity index (χ0n) is 17.4. The Morgan fingerprint density at radius 1 is 0.382 bits per heavy atom. The van der Waals surface area contributed by atoms with Crippen molar-refractivity contribution in [2.45, 2.75) is 20.1 Å². The third kappa shape index (κ3) is 3.06. The molecule has 2 aliphatic heterocycles. The van der Waals surface area contributed by atoms with Crippen LogP contribution in [0, 0.1) is 0 Å². The van der Waals surface area contributed by atoms with Crippen LogP contribution in [0.5, 0.6) is 0 Å². The number of hydrogen-bond donors (Lipinski definition) is 0. The fourth-order valence-electron chi connectivity index (χ4n) is 4.25. The predicted molar refractivity (Wildman–Crippen MR) is 145 cm³/mol. The number of fused-ring (bicyclic) bond motifs is 6. The summed E-state index contributed by atoms with van der Waals surface area (Å²) in [6.07, 6.45) is 0. The van der Waals surface area contributed by atoms with Crippen LogP contribution in [-0.4, -0.2) is 19.9 Å². The van der Waals surface area contributed by atoms with Gasteiger partial charge in [-0.15, -0.1) is 0 Å². The normalized spacial score (nSPS) is 15.1. The molecule has 0 unspecified atom stereocenters. The van der Waals surface area contributed by atoms with Crippen LogP contribution < -0.4 is 0 Å². The SMILES string of the molecule is c1ccc2cc3nc4c(nc3cc2c1)SC(=C1Sc2nc3cc5ccccc5cc3nc2S1)S4. The van der Waals surface area contributed by atoms with E-state index < -0.39 is 0 Å². The highest BCUT2D eigenvalue weighted by molar-refractivity contribution is 8.30. The second-order valence-corrected chi connectivity index (χ2v) is 12.5. The summed E-state index contributed by atoms with van der Waals surface area (Å²) in [4.78, 5) is 19.8. The van der Waals surface area contributed by atoms with Crippen molar-refractivity contribution in [2.75, 3.05) is 0 Å². The first kappa shape index (κ1) is 19.5. The van der Waals surface area contributed by atoms with Crippen LogP contribution in [0.15, 0.2) is 101 Å². The maximum atomic E-state index is 4.95. The lowest BCUT2D eigenvalue weighted by Gasteiger charge is -2.02. The molecule has 34 heavy (non-hydrogen) atoms. The Labute approximate surface area is 211 Å². The van der Waals surface area contributed by atoms with E-state index >= 15 is 0 Å². The van der Waals surface area contributed by atoms with Gasteiger partial charge in [-0.3, -0.25) is 0 Å². The minimum absolute atomic E-state index is 0.938. The second-order valence-electron chi connectivity index (χ2n) is 8.03. The van der Waals surface area contributed by atoms with Gasteiger partial charge >= 0.3 is 0 Å². The van der Waals surface area contributed by atoms with Crippen LogP contribution in [0.3, 0.4) is 0 Å². The highest BCUT2D eigenvalue weighted by atomic mass is 32.2. The minimum atomic E-state index is 0.938. The van der Waals surface area contributed by atoms with Gasteiger partial charge in [0.2, 0.25) is 0 Å². The molecule has 0 N–H and O–H groups in total. The maximum Gasteiger partial charge on any atom is 0.135 e. The molecule has 2 aliphatic rings. The van der Waals surface area contributed by atoms with Crippen molar-refractivity contribution in [1.29, 1.82) is 0 Å². The molecule has 0 saturated carbocycles. The first-order valence-electron chi connectivity index (χ1n) is 10.6. The van der Waals surface area contributed by atoms with Gasteiger partial charge in [-0.05, 0) is 45.8 Å². The van der Waals surface area contributed by atoms with Gasteiger partial charge in [0.15, 0.2) is 0 Å². The van der Waals surface area contributed by atoms with E-state index in [1.165, 1.54) is 30.0 Å². The summed E-state index contributed by atoms with van der Waals surface area (Å²) in [7, 11) is 0. The van der Waals surface area contributed by atoms with Crippen molar-refractivity contribution in [3.63, 3.8) is 0 Å². The topological polar surface area (TPSA) is 51.6 Å². The molecule has 6 aromatic rings. The van der Waals surface area contributed by atoms with Crippen LogP contribution in [-0.2, 0) is 0 Å². The number of benzene rings is 4. The van der Waals surface area contributed by atoms with Crippen LogP contribution in [0.2, 0.25) is 0 Å². The second kappa shape index (κ2) is 7.36. The monoisotopic (exact) mass is 508 g/mol. The molecule has 0 bridgehead atoms. The van der Waals surface area contributed by atoms with Crippen molar-refractivity contribution >= 4 is 90.7 Å². The van der Waals surface area contributed by atoms with Crippen LogP contribution >= 0.6 is 47.0 Å². The molecule has 0 aliphatic carbocycles. The van der Waals surface area contributed by atoms with Crippen LogP contribution in [0.25, 0.3) is 43.6 Å². The van der Waals surface area contributed by atoms with E-state index in [0.717, 1.165) is 42.2 Å². The lowest BCUT2D eigenvalue weighted by atomic mass is 10.1. The summed E-state index contributed by atoms with van der Waals surface area (Å²) >= 11 is 6.81. The lowest BCUT2D eigenvalue weighted by Crippen LogP contribution is -1.88. The third-order valence-corrected chi connectivity index (χ3v) is 11.1. The molecule has 0 spiro atoms. The average molecular weight is 509 g/mol. The maximum absolute atomic E-state index is 4.95. The van der Waals surface area contributed by atoms with Gasteiger partial charge in [0.1, 0.15) is 20.1 Å². The van der Waals surface area contributed by atoms with Crippen molar-refractivity contribution in [3.05, 3.63) is 81.3 Å². The van der Waals surface area contributed by atoms with E-state index in [9.17, 15) is 0 Å². The molecule has 0 saturated heterocycles. The Morgan fingerprint density at radius 2 is 0.647 bits per heavy atom. The molecule has 4 aromatic carbocycles. The molecule has 160 valence electrons. The number of hydrogen-bond acceptors (Lipinski definition) is 8. The Kier molecular flexibility index (Phi) is 4.22. The summed E-state index contributed by atoms with van der Waals surface area (Å²) in [6, 6.07) is 25.2. The van der Waals surface area contributed by atoms with Gasteiger partial charge in [-0.2, -0.15) is 0 Å². The minimum Gasteiger partial charge on any atom is -0.237 e. The van der Waals surface area contributed by atoms with Crippen molar-refractivity contribution in [1.82, 2.24) is 19.9 Å². The van der Waals surface area contributed by atoms with Gasteiger partial charge < -0.3 is 0 Å². The Hall–Kier alpha value is -2.78. The first-order chi connectivity index (χ1) is 16.8. The first-order valence-corrected chi connectivity index (χ1v) is 13.9. The van der Waals surface area contributed by atoms with E-state index in [4.69, 9.17) is 19.9 Å². The lowest BCUT2D eigenvalue weighted by molar-refractivity contribution is 0.982. The average Bonchev–Trinajstić information content (AvgIpc) is 3.46. The van der Waals surface area contributed by atoms with Gasteiger partial charge in [0.05, 0.1) is 30.5 Å². The molecular formula is C26H12N4S4. The van der Waals surface area contributed by atoms with E-state index in [1.54, 1.807) is 47.0 Å². The van der Waals surface area contributed by atoms with E-state index in [-0.39, 0.29) is 0 Å². The highest BCUT2D eigenvalue weighted by Gasteiger charge is 2.30. The molecule has 4 heterocycles. The zero-order chi connectivity index (χ0) is 22.2. The smallest absolute Gasteiger partial charge is 0.135 e. The summed E-state index contributed by atoms with van der Waals surface area (Å²) in [5.74, 6) is 0. The van der Waals surface area contributed by atoms with Gasteiger partial charge in [-0.25, -0.2) is 19.9 Å². The highest BCUT2D eigenvalue weighted by Crippen LogP contribution is 2.60. The quantitative estimate of drug-likeness (QED) is 0.191. The van der Waals surface area contributed by atoms with E-state index in [2.05, 4.69) is 72.8 Å². The predicted octanol–water partition coefficient (Wildman–Crippen LogP) is 8.10. The van der Waals surface area contributed by atoms with E-state index in [1.807, 2.05) is 0 Å². The van der Waals surface area contributed by atoms with Gasteiger partial charge in [0, 0.05) is 0 Å². The molecule has 8 rings (SSSR count). The molecule has 0 atom stereocenters. The van der Waals surface area contributed by atoms with Crippen molar-refractivity contribution < 1.29 is 0 Å². The van der Waals surface area contributed by atoms with E-state index in [0.29, 0.717) is 0 Å². The number of nitrogens with zero attached hydrogens (tertiary/aromatic N) is 4. The molecule has 0 fully saturated rings. The standard InChI is InChI=1S/C26H12N4S4/c1-2-6-14-10-18-17(9-13(14)5-1)27-21-22(28-18)32-25(31-21)26-33-23-24(34-26)30-20-12-16-8-4-3-7-15(16)11-19(20)29-23/h1-12H. The Morgan fingerprint density at radius 3 is 0.912 bits per heavy atom. The third-order valence-electron chi connectivity index (χ3n) is 5.86. The van der Waals surface area contributed by atoms with Crippen molar-refractivity contribution in [3.8, 4) is 0 Å². The number of rotatable bonds is 0. The molecule has 0 radical (unpaired) electrons. The molecule has 2 aromatic heterocycles.